The molecule has 2 unspecified atom stereocenters. The molecule has 1 amide bonds. The maximum Gasteiger partial charge on any atom is 0.419 e. The van der Waals surface area contributed by atoms with Crippen LogP contribution >= 0.6 is 0 Å². The minimum Gasteiger partial charge on any atom is -0.452 e. The van der Waals surface area contributed by atoms with Gasteiger partial charge in [0.1, 0.15) is 12.0 Å². The first-order valence-electron chi connectivity index (χ1n) is 23.4. The van der Waals surface area contributed by atoms with E-state index in [0.717, 1.165) is 44.4 Å². The van der Waals surface area contributed by atoms with Crippen molar-refractivity contribution in [2.75, 3.05) is 33.8 Å². The van der Waals surface area contributed by atoms with Crippen molar-refractivity contribution < 1.29 is 35.9 Å². The third kappa shape index (κ3) is 9.02. The van der Waals surface area contributed by atoms with E-state index < -0.39 is 43.8 Å². The summed E-state index contributed by atoms with van der Waals surface area (Å²) >= 11 is 0. The van der Waals surface area contributed by atoms with Crippen molar-refractivity contribution in [1.82, 2.24) is 37.3 Å². The molecule has 10 rings (SSSR count). The van der Waals surface area contributed by atoms with Crippen molar-refractivity contribution >= 4 is 43.5 Å². The summed E-state index contributed by atoms with van der Waals surface area (Å²) in [5, 5.41) is 0. The molecule has 0 radical (unpaired) electrons. The van der Waals surface area contributed by atoms with Gasteiger partial charge in [0.25, 0.3) is 0 Å². The molecule has 0 saturated heterocycles. The summed E-state index contributed by atoms with van der Waals surface area (Å²) in [5.41, 5.74) is 7.97. The third-order valence-electron chi connectivity index (χ3n) is 13.3. The van der Waals surface area contributed by atoms with Gasteiger partial charge in [-0.15, -0.1) is 0 Å². The van der Waals surface area contributed by atoms with Crippen molar-refractivity contribution in [3.05, 3.63) is 199 Å². The highest BCUT2D eigenvalue weighted by Gasteiger charge is 2.37. The minimum absolute atomic E-state index is 0.251. The number of carbonyl (C=O) groups excluding carboxylic acids is 2. The van der Waals surface area contributed by atoms with Crippen LogP contribution in [0.25, 0.3) is 67.8 Å². The molecule has 0 saturated carbocycles. The van der Waals surface area contributed by atoms with Gasteiger partial charge in [-0.05, 0) is 29.7 Å². The quantitative estimate of drug-likeness (QED) is 0.120. The summed E-state index contributed by atoms with van der Waals surface area (Å²) < 4.78 is 67.2. The van der Waals surface area contributed by atoms with Crippen LogP contribution in [0.1, 0.15) is 42.0 Å². The van der Waals surface area contributed by atoms with Crippen LogP contribution < -0.4 is 0 Å². The fourth-order valence-corrected chi connectivity index (χ4v) is 11.3. The van der Waals surface area contributed by atoms with Crippen LogP contribution in [0.4, 0.5) is 9.59 Å². The molecule has 0 N–H and O–H groups in total. The van der Waals surface area contributed by atoms with Crippen LogP contribution in [0.2, 0.25) is 0 Å². The molecule has 16 nitrogen and oxygen atoms in total. The number of amides is 1. The van der Waals surface area contributed by atoms with Crippen LogP contribution in [0.3, 0.4) is 0 Å². The van der Waals surface area contributed by atoms with Gasteiger partial charge in [-0.2, -0.15) is 0 Å². The first kappa shape index (κ1) is 49.0. The van der Waals surface area contributed by atoms with Gasteiger partial charge in [0.15, 0.2) is 11.6 Å². The topological polar surface area (TPSA) is 181 Å². The number of carbonyl (C=O) groups is 2. The van der Waals surface area contributed by atoms with Crippen LogP contribution in [0.15, 0.2) is 176 Å². The van der Waals surface area contributed by atoms with Gasteiger partial charge in [-0.25, -0.2) is 53.9 Å². The Morgan fingerprint density at radius 3 is 1.82 bits per heavy atom. The Hall–Kier alpha value is -8.61. The zero-order valence-electron chi connectivity index (χ0n) is 41.2. The number of hydrogen-bond donors (Lipinski definition) is 0. The Labute approximate surface area is 428 Å². The van der Waals surface area contributed by atoms with Gasteiger partial charge in [-0.3, -0.25) is 4.90 Å². The normalized spacial score (nSPS) is 16.8. The maximum absolute atomic E-state index is 13.6. The molecule has 3 aromatic heterocycles. The molecular weight excluding hydrogens is 977 g/mol. The van der Waals surface area contributed by atoms with Gasteiger partial charge in [0, 0.05) is 63.8 Å². The van der Waals surface area contributed by atoms with E-state index in [0.29, 0.717) is 57.2 Å². The standard InChI is InChI=1S/C56H50N8O8S2/c1-56(29-27-39(28-30-56)51-58-34-48(64(51)74(6,69)70)43-21-13-19-41(31-43)46-35-62(73(5,67)68)52(59-46)38-17-11-8-12-18-38)45-25-23-40(24-26-45)53-60(2)49(36-61(53)54(65)71-3)44-22-14-20-42(32-44)47-33-57-50(63(47)55(66)72-4)37-15-9-7-10-16-37/h7-29,31-36,53H,30H2,1-6H3. The molecule has 2 atom stereocenters. The minimum atomic E-state index is -3.90. The van der Waals surface area contributed by atoms with Crippen molar-refractivity contribution in [2.24, 2.45) is 0 Å². The lowest BCUT2D eigenvalue weighted by atomic mass is 9.76. The van der Waals surface area contributed by atoms with E-state index in [2.05, 4.69) is 16.9 Å². The lowest BCUT2D eigenvalue weighted by molar-refractivity contribution is 0.108. The average molecular weight is 1030 g/mol. The first-order valence-corrected chi connectivity index (χ1v) is 27.0. The SMILES string of the molecule is COC(=O)N1C=C(c2cccc(-c3cnc(-c4ccccc4)n3C(=O)OC)c2)N(C)C1c1ccc(C2(C)C=CC(c3ncc(-c4cccc(-c5cn(S(C)(=O)=O)c(-c6ccccc6)n5)c4)n3S(C)(=O)=O)=CC2)cc1. The van der Waals surface area contributed by atoms with E-state index in [4.69, 9.17) is 14.5 Å². The van der Waals surface area contributed by atoms with Crippen LogP contribution in [0, 0.1) is 0 Å². The lowest BCUT2D eigenvalue weighted by Gasteiger charge is -2.32. The molecule has 74 heavy (non-hydrogen) atoms. The Kier molecular flexibility index (Phi) is 12.6. The van der Waals surface area contributed by atoms with Crippen LogP contribution in [-0.2, 0) is 34.9 Å². The highest BCUT2D eigenvalue weighted by Crippen LogP contribution is 2.42. The Bertz CT molecular complexity index is 3820. The molecule has 18 heteroatoms. The van der Waals surface area contributed by atoms with Gasteiger partial charge in [-0.1, -0.05) is 146 Å². The second-order valence-electron chi connectivity index (χ2n) is 18.3. The van der Waals surface area contributed by atoms with E-state index in [9.17, 15) is 26.4 Å². The zero-order chi connectivity index (χ0) is 52.1. The Morgan fingerprint density at radius 2 is 1.22 bits per heavy atom. The number of hydrogen-bond acceptors (Lipinski definition) is 12. The fourth-order valence-electron chi connectivity index (χ4n) is 9.57. The summed E-state index contributed by atoms with van der Waals surface area (Å²) in [5.74, 6) is 0.954. The molecular formula is C56H50N8O8S2. The van der Waals surface area contributed by atoms with E-state index in [1.165, 1.54) is 35.2 Å². The summed E-state index contributed by atoms with van der Waals surface area (Å²) in [6.07, 6.45) is 13.4. The molecule has 1 aliphatic carbocycles. The van der Waals surface area contributed by atoms with Crippen LogP contribution in [-0.4, -0.2) is 100 Å². The first-order chi connectivity index (χ1) is 35.5. The van der Waals surface area contributed by atoms with Crippen molar-refractivity contribution in [1.29, 1.82) is 0 Å². The highest BCUT2D eigenvalue weighted by atomic mass is 32.2. The van der Waals surface area contributed by atoms with Gasteiger partial charge in [0.05, 0.1) is 61.9 Å². The maximum atomic E-state index is 13.6. The van der Waals surface area contributed by atoms with Gasteiger partial charge in [0.2, 0.25) is 20.0 Å². The van der Waals surface area contributed by atoms with Crippen molar-refractivity contribution in [3.8, 4) is 56.5 Å². The largest absolute Gasteiger partial charge is 0.452 e. The Balaban J connectivity index is 0.900. The number of ether oxygens (including phenoxy) is 2. The molecule has 0 bridgehead atoms. The molecule has 8 aromatic rings. The second-order valence-corrected chi connectivity index (χ2v) is 22.0. The molecule has 4 heterocycles. The number of nitrogens with zero attached hydrogens (tertiary/aromatic N) is 8. The number of rotatable bonds is 11. The smallest absolute Gasteiger partial charge is 0.419 e. The second kappa shape index (κ2) is 19.1. The molecule has 0 fully saturated rings. The summed E-state index contributed by atoms with van der Waals surface area (Å²) in [7, 11) is -3.04. The Morgan fingerprint density at radius 1 is 0.649 bits per heavy atom. The fraction of sp³-hybridized carbons (Fsp3) is 0.161. The molecule has 1 aliphatic heterocycles. The third-order valence-corrected chi connectivity index (χ3v) is 15.4. The number of imidazole rings is 3. The lowest BCUT2D eigenvalue weighted by Crippen LogP contribution is -2.33. The van der Waals surface area contributed by atoms with E-state index >= 15 is 0 Å². The van der Waals surface area contributed by atoms with Gasteiger partial charge >= 0.3 is 12.2 Å². The van der Waals surface area contributed by atoms with Crippen LogP contribution in [0.5, 0.6) is 0 Å². The number of aromatic nitrogens is 6. The predicted molar refractivity (Wildman–Crippen MR) is 284 cm³/mol. The van der Waals surface area contributed by atoms with Crippen molar-refractivity contribution in [3.63, 3.8) is 0 Å². The van der Waals surface area contributed by atoms with Crippen molar-refractivity contribution in [2.45, 2.75) is 24.9 Å². The average Bonchev–Trinajstić information content (AvgIpc) is 4.24. The number of methoxy groups -OCH3 is 2. The number of benzene rings is 5. The number of allylic oxidation sites excluding steroid dienone is 4. The molecule has 5 aromatic carbocycles. The van der Waals surface area contributed by atoms with E-state index in [1.54, 1.807) is 65.8 Å². The monoisotopic (exact) mass is 1030 g/mol. The van der Waals surface area contributed by atoms with E-state index in [-0.39, 0.29) is 11.6 Å². The summed E-state index contributed by atoms with van der Waals surface area (Å²) in [6.45, 7) is 2.10. The highest BCUT2D eigenvalue weighted by molar-refractivity contribution is 7.89. The molecule has 374 valence electrons. The van der Waals surface area contributed by atoms with E-state index in [1.807, 2.05) is 115 Å². The van der Waals surface area contributed by atoms with Gasteiger partial charge < -0.3 is 14.4 Å². The predicted octanol–water partition coefficient (Wildman–Crippen LogP) is 10.2. The summed E-state index contributed by atoms with van der Waals surface area (Å²) in [6, 6.07) is 41.2. The molecule has 0 spiro atoms. The molecule has 2 aliphatic rings. The summed E-state index contributed by atoms with van der Waals surface area (Å²) in [4.78, 5) is 44.1. The zero-order valence-corrected chi connectivity index (χ0v) is 42.8.